The number of carbonyl (C=O) groups excluding carboxylic acids is 1. The van der Waals surface area contributed by atoms with Crippen molar-refractivity contribution in [3.8, 4) is 0 Å². The molecule has 2 aromatic rings. The van der Waals surface area contributed by atoms with Crippen molar-refractivity contribution in [3.63, 3.8) is 0 Å². The smallest absolute Gasteiger partial charge is 0.183 e. The molecule has 2 heterocycles. The van der Waals surface area contributed by atoms with E-state index in [1.807, 2.05) is 66.6 Å². The molecule has 2 aliphatic rings. The fourth-order valence-electron chi connectivity index (χ4n) is 3.66. The zero-order chi connectivity index (χ0) is 15.3. The van der Waals surface area contributed by atoms with Crippen LogP contribution in [0.2, 0.25) is 0 Å². The van der Waals surface area contributed by atoms with Gasteiger partial charge >= 0.3 is 0 Å². The maximum absolute atomic E-state index is 13.4. The predicted octanol–water partition coefficient (Wildman–Crippen LogP) is 3.88. The molecule has 0 aromatic heterocycles. The van der Waals surface area contributed by atoms with Crippen LogP contribution in [0.4, 0.5) is 11.4 Å². The van der Waals surface area contributed by atoms with E-state index in [-0.39, 0.29) is 5.78 Å². The number of carbonyl (C=O) groups is 1. The minimum atomic E-state index is -0.735. The van der Waals surface area contributed by atoms with Crippen LogP contribution < -0.4 is 4.90 Å². The van der Waals surface area contributed by atoms with E-state index in [4.69, 9.17) is 4.99 Å². The van der Waals surface area contributed by atoms with Crippen LogP contribution in [0.5, 0.6) is 0 Å². The highest BCUT2D eigenvalue weighted by atomic mass is 16.1. The molecule has 22 heavy (non-hydrogen) atoms. The summed E-state index contributed by atoms with van der Waals surface area (Å²) in [5.41, 5.74) is 2.80. The number of amidine groups is 1. The molecule has 0 radical (unpaired) electrons. The van der Waals surface area contributed by atoms with Gasteiger partial charge in [-0.05, 0) is 30.2 Å². The molecule has 0 aliphatic carbocycles. The van der Waals surface area contributed by atoms with E-state index in [1.54, 1.807) is 0 Å². The lowest BCUT2D eigenvalue weighted by Gasteiger charge is -2.40. The van der Waals surface area contributed by atoms with Crippen LogP contribution in [0.15, 0.2) is 66.2 Å². The predicted molar refractivity (Wildman–Crippen MR) is 89.2 cm³/mol. The maximum Gasteiger partial charge on any atom is 0.183 e. The van der Waals surface area contributed by atoms with Crippen LogP contribution in [0.1, 0.15) is 22.3 Å². The molecule has 108 valence electrons. The van der Waals surface area contributed by atoms with Gasteiger partial charge in [-0.15, -0.1) is 6.58 Å². The molecule has 3 heteroatoms. The maximum atomic E-state index is 13.4. The van der Waals surface area contributed by atoms with Crippen LogP contribution in [0.25, 0.3) is 0 Å². The number of ketones is 1. The van der Waals surface area contributed by atoms with Gasteiger partial charge in [0.25, 0.3) is 0 Å². The number of anilines is 1. The number of hydrogen-bond donors (Lipinski definition) is 0. The molecule has 0 bridgehead atoms. The highest BCUT2D eigenvalue weighted by molar-refractivity contribution is 6.32. The molecule has 0 N–H and O–H groups in total. The average Bonchev–Trinajstić information content (AvgIpc) is 2.89. The van der Waals surface area contributed by atoms with E-state index in [0.717, 1.165) is 28.3 Å². The Morgan fingerprint density at radius 1 is 1.18 bits per heavy atom. The largest absolute Gasteiger partial charge is 0.331 e. The minimum absolute atomic E-state index is 0.116. The zero-order valence-electron chi connectivity index (χ0n) is 12.4. The van der Waals surface area contributed by atoms with Gasteiger partial charge in [-0.2, -0.15) is 0 Å². The SMILES string of the molecule is C=CC[C@@]12C(=O)c3ccccc3N(C)C1=Nc1ccccc12. The Labute approximate surface area is 129 Å². The van der Waals surface area contributed by atoms with Gasteiger partial charge in [-0.3, -0.25) is 4.79 Å². The first-order chi connectivity index (χ1) is 10.7. The number of benzene rings is 2. The first-order valence-electron chi connectivity index (χ1n) is 7.37. The average molecular weight is 288 g/mol. The molecule has 0 unspecified atom stereocenters. The summed E-state index contributed by atoms with van der Waals surface area (Å²) in [4.78, 5) is 20.2. The van der Waals surface area contributed by atoms with Crippen LogP contribution in [-0.2, 0) is 5.41 Å². The molecular formula is C19H16N2O. The number of allylic oxidation sites excluding steroid dienone is 1. The normalized spacial score (nSPS) is 21.8. The third-order valence-electron chi connectivity index (χ3n) is 4.64. The van der Waals surface area contributed by atoms with Crippen molar-refractivity contribution in [1.29, 1.82) is 0 Å². The zero-order valence-corrected chi connectivity index (χ0v) is 12.4. The number of likely N-dealkylation sites (N-methyl/N-ethyl adjacent to an activating group) is 1. The van der Waals surface area contributed by atoms with Gasteiger partial charge in [0.2, 0.25) is 0 Å². The number of nitrogens with zero attached hydrogens (tertiary/aromatic N) is 2. The van der Waals surface area contributed by atoms with E-state index in [9.17, 15) is 4.79 Å². The number of fused-ring (bicyclic) bond motifs is 4. The second-order valence-corrected chi connectivity index (χ2v) is 5.76. The molecule has 0 spiro atoms. The second kappa shape index (κ2) is 4.41. The van der Waals surface area contributed by atoms with E-state index in [0.29, 0.717) is 6.42 Å². The van der Waals surface area contributed by atoms with Gasteiger partial charge in [0, 0.05) is 12.6 Å². The number of aliphatic imine (C=N–C) groups is 1. The van der Waals surface area contributed by atoms with E-state index in [2.05, 4.69) is 6.58 Å². The third-order valence-corrected chi connectivity index (χ3v) is 4.64. The van der Waals surface area contributed by atoms with Crippen LogP contribution >= 0.6 is 0 Å². The highest BCUT2D eigenvalue weighted by Crippen LogP contribution is 2.49. The summed E-state index contributed by atoms with van der Waals surface area (Å²) in [6.45, 7) is 3.87. The van der Waals surface area contributed by atoms with Gasteiger partial charge in [0.1, 0.15) is 11.3 Å². The Morgan fingerprint density at radius 2 is 1.91 bits per heavy atom. The Bertz CT molecular complexity index is 837. The monoisotopic (exact) mass is 288 g/mol. The standard InChI is InChI=1S/C19H16N2O/c1-3-12-19-14-9-5-6-10-15(14)20-18(19)21(2)16-11-7-4-8-13(16)17(19)22/h3-11H,1,12H2,2H3/t19-/m1/s1. The Morgan fingerprint density at radius 3 is 2.73 bits per heavy atom. The van der Waals surface area contributed by atoms with Gasteiger partial charge in [-0.1, -0.05) is 36.4 Å². The minimum Gasteiger partial charge on any atom is -0.331 e. The summed E-state index contributed by atoms with van der Waals surface area (Å²) < 4.78 is 0. The van der Waals surface area contributed by atoms with Gasteiger partial charge in [0.05, 0.1) is 11.4 Å². The molecule has 0 saturated carbocycles. The van der Waals surface area contributed by atoms with Gasteiger partial charge < -0.3 is 4.90 Å². The summed E-state index contributed by atoms with van der Waals surface area (Å²) in [5, 5.41) is 0. The molecule has 4 rings (SSSR count). The quantitative estimate of drug-likeness (QED) is 0.786. The first kappa shape index (κ1) is 13.0. The summed E-state index contributed by atoms with van der Waals surface area (Å²) >= 11 is 0. The third kappa shape index (κ3) is 1.40. The summed E-state index contributed by atoms with van der Waals surface area (Å²) in [7, 11) is 1.98. The fraction of sp³-hybridized carbons (Fsp3) is 0.158. The lowest BCUT2D eigenvalue weighted by atomic mass is 9.69. The van der Waals surface area contributed by atoms with Crippen LogP contribution in [0.3, 0.4) is 0 Å². The molecule has 0 saturated heterocycles. The van der Waals surface area contributed by atoms with Gasteiger partial charge in [0.15, 0.2) is 5.78 Å². The van der Waals surface area contributed by atoms with Crippen molar-refractivity contribution >= 4 is 23.0 Å². The number of para-hydroxylation sites is 2. The number of Topliss-reactive ketones (excluding diaryl/α,β-unsaturated/α-hetero) is 1. The summed E-state index contributed by atoms with van der Waals surface area (Å²) in [6, 6.07) is 15.6. The topological polar surface area (TPSA) is 32.7 Å². The van der Waals surface area contributed by atoms with Crippen molar-refractivity contribution in [2.24, 2.45) is 4.99 Å². The highest BCUT2D eigenvalue weighted by Gasteiger charge is 2.54. The second-order valence-electron chi connectivity index (χ2n) is 5.76. The molecule has 2 aromatic carbocycles. The molecule has 0 amide bonds. The molecule has 2 aliphatic heterocycles. The Kier molecular flexibility index (Phi) is 2.61. The van der Waals surface area contributed by atoms with Crippen molar-refractivity contribution in [1.82, 2.24) is 0 Å². The van der Waals surface area contributed by atoms with E-state index >= 15 is 0 Å². The molecule has 1 atom stereocenters. The molecular weight excluding hydrogens is 272 g/mol. The Hall–Kier alpha value is -2.68. The fourth-order valence-corrected chi connectivity index (χ4v) is 3.66. The molecule has 0 fully saturated rings. The lowest BCUT2D eigenvalue weighted by Crippen LogP contribution is -2.52. The van der Waals surface area contributed by atoms with Crippen molar-refractivity contribution in [2.45, 2.75) is 11.8 Å². The van der Waals surface area contributed by atoms with Crippen molar-refractivity contribution in [2.75, 3.05) is 11.9 Å². The van der Waals surface area contributed by atoms with E-state index in [1.165, 1.54) is 0 Å². The first-order valence-corrected chi connectivity index (χ1v) is 7.37. The summed E-state index contributed by atoms with van der Waals surface area (Å²) in [6.07, 6.45) is 2.37. The van der Waals surface area contributed by atoms with Crippen molar-refractivity contribution < 1.29 is 4.79 Å². The Balaban J connectivity index is 2.06. The molecule has 3 nitrogen and oxygen atoms in total. The van der Waals surface area contributed by atoms with E-state index < -0.39 is 5.41 Å². The lowest BCUT2D eigenvalue weighted by molar-refractivity contribution is 0.0928. The van der Waals surface area contributed by atoms with Crippen LogP contribution in [0, 0.1) is 0 Å². The van der Waals surface area contributed by atoms with Crippen LogP contribution in [-0.4, -0.2) is 18.7 Å². The number of rotatable bonds is 2. The summed E-state index contributed by atoms with van der Waals surface area (Å²) in [5.74, 6) is 0.919. The van der Waals surface area contributed by atoms with Crippen molar-refractivity contribution in [3.05, 3.63) is 72.3 Å². The number of hydrogen-bond acceptors (Lipinski definition) is 3. The van der Waals surface area contributed by atoms with Gasteiger partial charge in [-0.25, -0.2) is 4.99 Å².